The van der Waals surface area contributed by atoms with E-state index in [-0.39, 0.29) is 0 Å². The molecule has 0 N–H and O–H groups in total. The van der Waals surface area contributed by atoms with Crippen LogP contribution >= 0.6 is 11.8 Å². The normalized spacial score (nSPS) is 26.2. The van der Waals surface area contributed by atoms with Gasteiger partial charge in [-0.25, -0.2) is 0 Å². The van der Waals surface area contributed by atoms with Crippen molar-refractivity contribution in [2.24, 2.45) is 0 Å². The maximum absolute atomic E-state index is 10.7. The average Bonchev–Trinajstić information content (AvgIpc) is 1.83. The number of likely N-dealkylation sites (tertiary alicyclic amines) is 1. The summed E-state index contributed by atoms with van der Waals surface area (Å²) in [6.45, 7) is 2.88. The minimum Gasteiger partial charge on any atom is -0.330 e. The van der Waals surface area contributed by atoms with Gasteiger partial charge < -0.3 is 4.90 Å². The molecule has 0 spiro atoms. The van der Waals surface area contributed by atoms with Crippen molar-refractivity contribution in [3.63, 3.8) is 0 Å². The topological polar surface area (TPSA) is 20.3 Å². The van der Waals surface area contributed by atoms with Gasteiger partial charge >= 0.3 is 0 Å². The Morgan fingerprint density at radius 1 is 1.89 bits per heavy atom. The van der Waals surface area contributed by atoms with Crippen LogP contribution in [0.2, 0.25) is 0 Å². The highest BCUT2D eigenvalue weighted by molar-refractivity contribution is 7.99. The first-order chi connectivity index (χ1) is 4.29. The zero-order valence-electron chi connectivity index (χ0n) is 5.76. The summed E-state index contributed by atoms with van der Waals surface area (Å²) >= 11 is 1.75. The molecule has 1 heterocycles. The van der Waals surface area contributed by atoms with Crippen molar-refractivity contribution in [2.45, 2.75) is 18.7 Å². The lowest BCUT2D eigenvalue weighted by molar-refractivity contribution is -0.141. The third-order valence-corrected chi connectivity index (χ3v) is 2.60. The Balaban J connectivity index is 2.38. The Bertz CT molecular complexity index is 126. The molecule has 1 unspecified atom stereocenters. The quantitative estimate of drug-likeness (QED) is 0.539. The molecule has 0 aliphatic carbocycles. The van der Waals surface area contributed by atoms with Crippen molar-refractivity contribution >= 4 is 17.7 Å². The molecule has 1 fully saturated rings. The number of hydrogen-bond donors (Lipinski definition) is 0. The largest absolute Gasteiger partial charge is 0.330 e. The maximum Gasteiger partial charge on any atom is 0.226 e. The SMILES string of the molecule is CCN1C(=O)CC1SC. The molecule has 0 aromatic rings. The first-order valence-corrected chi connectivity index (χ1v) is 4.40. The highest BCUT2D eigenvalue weighted by atomic mass is 32.2. The van der Waals surface area contributed by atoms with E-state index in [0.29, 0.717) is 11.3 Å². The molecule has 2 nitrogen and oxygen atoms in total. The first-order valence-electron chi connectivity index (χ1n) is 3.12. The first kappa shape index (κ1) is 6.93. The van der Waals surface area contributed by atoms with Crippen LogP contribution in [0.15, 0.2) is 0 Å². The van der Waals surface area contributed by atoms with Crippen LogP contribution in [0.25, 0.3) is 0 Å². The number of rotatable bonds is 2. The Morgan fingerprint density at radius 3 is 2.78 bits per heavy atom. The molecule has 0 saturated carbocycles. The van der Waals surface area contributed by atoms with Crippen LogP contribution in [0.1, 0.15) is 13.3 Å². The minimum atomic E-state index is 0.303. The van der Waals surface area contributed by atoms with E-state index in [1.165, 1.54) is 0 Å². The molecule has 1 amide bonds. The summed E-state index contributed by atoms with van der Waals surface area (Å²) in [6.07, 6.45) is 2.79. The summed E-state index contributed by atoms with van der Waals surface area (Å²) in [4.78, 5) is 12.6. The van der Waals surface area contributed by atoms with Gasteiger partial charge in [-0.1, -0.05) is 0 Å². The Hall–Kier alpha value is -0.180. The molecule has 3 heteroatoms. The van der Waals surface area contributed by atoms with Crippen molar-refractivity contribution in [2.75, 3.05) is 12.8 Å². The second-order valence-electron chi connectivity index (χ2n) is 2.07. The van der Waals surface area contributed by atoms with Gasteiger partial charge in [-0.3, -0.25) is 4.79 Å². The Morgan fingerprint density at radius 2 is 2.56 bits per heavy atom. The number of carbonyl (C=O) groups excluding carboxylic acids is 1. The summed E-state index contributed by atoms with van der Waals surface area (Å²) in [7, 11) is 0. The van der Waals surface area contributed by atoms with Crippen LogP contribution in [0, 0.1) is 0 Å². The van der Waals surface area contributed by atoms with Crippen LogP contribution in [0.5, 0.6) is 0 Å². The smallest absolute Gasteiger partial charge is 0.226 e. The molecule has 0 bridgehead atoms. The van der Waals surface area contributed by atoms with E-state index in [4.69, 9.17) is 0 Å². The van der Waals surface area contributed by atoms with Gasteiger partial charge in [-0.15, -0.1) is 11.8 Å². The lowest BCUT2D eigenvalue weighted by atomic mass is 10.2. The number of nitrogens with zero attached hydrogens (tertiary/aromatic N) is 1. The van der Waals surface area contributed by atoms with Gasteiger partial charge in [0.25, 0.3) is 0 Å². The highest BCUT2D eigenvalue weighted by Crippen LogP contribution is 2.26. The Kier molecular flexibility index (Phi) is 2.01. The van der Waals surface area contributed by atoms with E-state index in [1.54, 1.807) is 11.8 Å². The Labute approximate surface area is 59.6 Å². The molecule has 1 aliphatic heterocycles. The van der Waals surface area contributed by atoms with Gasteiger partial charge in [-0.05, 0) is 13.2 Å². The summed E-state index contributed by atoms with van der Waals surface area (Å²) in [6, 6.07) is 0. The van der Waals surface area contributed by atoms with Crippen molar-refractivity contribution in [3.05, 3.63) is 0 Å². The summed E-state index contributed by atoms with van der Waals surface area (Å²) in [5.74, 6) is 0.303. The predicted molar refractivity (Wildman–Crippen MR) is 39.3 cm³/mol. The summed E-state index contributed by atoms with van der Waals surface area (Å²) < 4.78 is 0. The molecule has 1 aliphatic rings. The molecule has 0 aromatic heterocycles. The van der Waals surface area contributed by atoms with Gasteiger partial charge in [0.05, 0.1) is 11.8 Å². The van der Waals surface area contributed by atoms with Gasteiger partial charge in [0.15, 0.2) is 0 Å². The molecule has 0 radical (unpaired) electrons. The van der Waals surface area contributed by atoms with Gasteiger partial charge in [-0.2, -0.15) is 0 Å². The summed E-state index contributed by atoms with van der Waals surface area (Å²) in [5, 5.41) is 0.475. The van der Waals surface area contributed by atoms with E-state index in [2.05, 4.69) is 0 Å². The second kappa shape index (κ2) is 2.60. The average molecular weight is 145 g/mol. The van der Waals surface area contributed by atoms with Crippen LogP contribution in [-0.4, -0.2) is 29.0 Å². The van der Waals surface area contributed by atoms with Crippen molar-refractivity contribution in [1.29, 1.82) is 0 Å². The van der Waals surface area contributed by atoms with Crippen LogP contribution in [0.4, 0.5) is 0 Å². The van der Waals surface area contributed by atoms with Crippen molar-refractivity contribution in [1.82, 2.24) is 4.90 Å². The number of hydrogen-bond acceptors (Lipinski definition) is 2. The molecule has 1 saturated heterocycles. The molecule has 0 aromatic carbocycles. The van der Waals surface area contributed by atoms with Crippen LogP contribution in [-0.2, 0) is 4.79 Å². The van der Waals surface area contributed by atoms with E-state index in [0.717, 1.165) is 13.0 Å². The van der Waals surface area contributed by atoms with Crippen LogP contribution < -0.4 is 0 Å². The summed E-state index contributed by atoms with van der Waals surface area (Å²) in [5.41, 5.74) is 0. The monoisotopic (exact) mass is 145 g/mol. The fourth-order valence-corrected chi connectivity index (χ4v) is 1.85. The molecule has 9 heavy (non-hydrogen) atoms. The molecule has 1 rings (SSSR count). The fraction of sp³-hybridized carbons (Fsp3) is 0.833. The zero-order chi connectivity index (χ0) is 6.85. The second-order valence-corrected chi connectivity index (χ2v) is 3.09. The fourth-order valence-electron chi connectivity index (χ4n) is 1.02. The number of β-lactam (4-membered cyclic amide) rings is 1. The zero-order valence-corrected chi connectivity index (χ0v) is 6.57. The lowest BCUT2D eigenvalue weighted by Gasteiger charge is -2.38. The van der Waals surface area contributed by atoms with E-state index in [9.17, 15) is 4.79 Å². The third kappa shape index (κ3) is 1.06. The molecule has 52 valence electrons. The minimum absolute atomic E-state index is 0.303. The van der Waals surface area contributed by atoms with Crippen molar-refractivity contribution in [3.8, 4) is 0 Å². The third-order valence-electron chi connectivity index (χ3n) is 1.63. The van der Waals surface area contributed by atoms with E-state index in [1.807, 2.05) is 18.1 Å². The van der Waals surface area contributed by atoms with Gasteiger partial charge in [0.1, 0.15) is 0 Å². The highest BCUT2D eigenvalue weighted by Gasteiger charge is 2.33. The number of carbonyl (C=O) groups is 1. The standard InChI is InChI=1S/C6H11NOS/c1-3-7-5(8)4-6(7)9-2/h6H,3-4H2,1-2H3. The predicted octanol–water partition coefficient (Wildman–Crippen LogP) is 0.928. The lowest BCUT2D eigenvalue weighted by Crippen LogP contribution is -2.50. The molecular formula is C6H11NOS. The van der Waals surface area contributed by atoms with Gasteiger partial charge in [0, 0.05) is 6.54 Å². The van der Waals surface area contributed by atoms with Crippen LogP contribution in [0.3, 0.4) is 0 Å². The number of thioether (sulfide) groups is 1. The number of amides is 1. The maximum atomic E-state index is 10.7. The molecule has 1 atom stereocenters. The van der Waals surface area contributed by atoms with E-state index < -0.39 is 0 Å². The molecular weight excluding hydrogens is 134 g/mol. The van der Waals surface area contributed by atoms with Gasteiger partial charge in [0.2, 0.25) is 5.91 Å². The van der Waals surface area contributed by atoms with Crippen molar-refractivity contribution < 1.29 is 4.79 Å². The van der Waals surface area contributed by atoms with E-state index >= 15 is 0 Å².